The largest absolute Gasteiger partial charge is 0.508 e. The van der Waals surface area contributed by atoms with E-state index in [1.165, 1.54) is 0 Å². The number of halogens is 3. The molecule has 0 spiro atoms. The average Bonchev–Trinajstić information content (AvgIpc) is 2.17. The zero-order valence-electron chi connectivity index (χ0n) is 9.78. The second kappa shape index (κ2) is 8.04. The lowest BCUT2D eigenvalue weighted by Crippen LogP contribution is -2.26. The fourth-order valence-electron chi connectivity index (χ4n) is 1.01. The van der Waals surface area contributed by atoms with Crippen LogP contribution in [0.2, 0.25) is 0 Å². The molecule has 5 heteroatoms. The number of phenols is 1. The molecule has 1 rings (SSSR count). The molecule has 0 heterocycles. The van der Waals surface area contributed by atoms with Gasteiger partial charge in [0.05, 0.1) is 0 Å². The van der Waals surface area contributed by atoms with Gasteiger partial charge < -0.3 is 10.2 Å². The molecule has 1 unspecified atom stereocenters. The van der Waals surface area contributed by atoms with Crippen LogP contribution in [0, 0.1) is 5.92 Å². The molecule has 0 aromatic heterocycles. The summed E-state index contributed by atoms with van der Waals surface area (Å²) in [6.45, 7) is 3.92. The molecule has 1 aromatic rings. The highest BCUT2D eigenvalue weighted by Gasteiger charge is 2.30. The maximum Gasteiger partial charge on any atom is 0.216 e. The maximum atomic E-state index is 9.16. The molecule has 0 radical (unpaired) electrons. The normalized spacial score (nSPS) is 12.9. The van der Waals surface area contributed by atoms with E-state index in [2.05, 4.69) is 0 Å². The smallest absolute Gasteiger partial charge is 0.216 e. The van der Waals surface area contributed by atoms with E-state index in [0.717, 1.165) is 0 Å². The Labute approximate surface area is 117 Å². The molecule has 17 heavy (non-hydrogen) atoms. The summed E-state index contributed by atoms with van der Waals surface area (Å²) in [6.07, 6.45) is -0.353. The van der Waals surface area contributed by atoms with Crippen molar-refractivity contribution >= 4 is 34.8 Å². The summed E-state index contributed by atoms with van der Waals surface area (Å²) >= 11 is 16.2. The van der Waals surface area contributed by atoms with Crippen molar-refractivity contribution in [1.29, 1.82) is 0 Å². The first kappa shape index (κ1) is 16.9. The van der Waals surface area contributed by atoms with Gasteiger partial charge in [-0.3, -0.25) is 0 Å². The summed E-state index contributed by atoms with van der Waals surface area (Å²) in [6, 6.07) is 8.71. The number of rotatable bonds is 2. The Kier molecular flexibility index (Phi) is 7.97. The molecule has 0 saturated carbocycles. The molecule has 0 bridgehead atoms. The Morgan fingerprint density at radius 1 is 1.12 bits per heavy atom. The van der Waals surface area contributed by atoms with Crippen LogP contribution in [-0.2, 0) is 0 Å². The third-order valence-corrected chi connectivity index (χ3v) is 2.58. The van der Waals surface area contributed by atoms with E-state index in [0.29, 0.717) is 18.1 Å². The van der Waals surface area contributed by atoms with E-state index in [4.69, 9.17) is 45.0 Å². The number of aliphatic hydroxyl groups is 1. The average molecular weight is 300 g/mol. The highest BCUT2D eigenvalue weighted by molar-refractivity contribution is 6.68. The summed E-state index contributed by atoms with van der Waals surface area (Å²) in [7, 11) is 0. The molecule has 0 aliphatic carbocycles. The van der Waals surface area contributed by atoms with Crippen molar-refractivity contribution in [2.24, 2.45) is 5.92 Å². The lowest BCUT2D eigenvalue weighted by molar-refractivity contribution is 0.152. The Hall–Kier alpha value is -0.150. The van der Waals surface area contributed by atoms with Crippen molar-refractivity contribution < 1.29 is 10.2 Å². The van der Waals surface area contributed by atoms with Crippen molar-refractivity contribution in [3.8, 4) is 5.75 Å². The van der Waals surface area contributed by atoms with E-state index < -0.39 is 9.90 Å². The predicted molar refractivity (Wildman–Crippen MR) is 73.9 cm³/mol. The zero-order chi connectivity index (χ0) is 13.5. The highest BCUT2D eigenvalue weighted by atomic mass is 35.6. The zero-order valence-corrected chi connectivity index (χ0v) is 12.0. The van der Waals surface area contributed by atoms with Gasteiger partial charge in [0.1, 0.15) is 11.9 Å². The molecule has 2 N–H and O–H groups in total. The summed E-state index contributed by atoms with van der Waals surface area (Å²) < 4.78 is -1.54. The van der Waals surface area contributed by atoms with Crippen molar-refractivity contribution in [1.82, 2.24) is 0 Å². The molecule has 0 saturated heterocycles. The number of aromatic hydroxyl groups is 1. The molecule has 0 fully saturated rings. The van der Waals surface area contributed by atoms with Crippen LogP contribution in [0.25, 0.3) is 0 Å². The van der Waals surface area contributed by atoms with Crippen LogP contribution in [0.1, 0.15) is 20.3 Å². The summed E-state index contributed by atoms with van der Waals surface area (Å²) in [5.74, 6) is 0.660. The van der Waals surface area contributed by atoms with Crippen molar-refractivity contribution in [2.45, 2.75) is 30.2 Å². The SMILES string of the molecule is CC(C)CC(O)C(Cl)(Cl)Cl.Oc1ccccc1. The minimum Gasteiger partial charge on any atom is -0.508 e. The Bertz CT molecular complexity index is 296. The van der Waals surface area contributed by atoms with Crippen molar-refractivity contribution in [3.63, 3.8) is 0 Å². The van der Waals surface area contributed by atoms with E-state index in [9.17, 15) is 0 Å². The van der Waals surface area contributed by atoms with E-state index in [1.807, 2.05) is 19.9 Å². The van der Waals surface area contributed by atoms with Crippen LogP contribution >= 0.6 is 34.8 Å². The van der Waals surface area contributed by atoms with Gasteiger partial charge in [-0.1, -0.05) is 66.8 Å². The second-order valence-electron chi connectivity index (χ2n) is 4.02. The first-order valence-electron chi connectivity index (χ1n) is 5.22. The molecule has 2 nitrogen and oxygen atoms in total. The van der Waals surface area contributed by atoms with E-state index in [1.54, 1.807) is 24.3 Å². The molecule has 1 aromatic carbocycles. The van der Waals surface area contributed by atoms with Crippen LogP contribution in [0.15, 0.2) is 30.3 Å². The van der Waals surface area contributed by atoms with Crippen LogP contribution in [-0.4, -0.2) is 20.1 Å². The Morgan fingerprint density at radius 3 is 1.76 bits per heavy atom. The van der Waals surface area contributed by atoms with Crippen LogP contribution in [0.4, 0.5) is 0 Å². The fourth-order valence-corrected chi connectivity index (χ4v) is 1.28. The predicted octanol–water partition coefficient (Wildman–Crippen LogP) is 4.16. The van der Waals surface area contributed by atoms with Crippen LogP contribution < -0.4 is 0 Å². The molecule has 0 amide bonds. The molecular weight excluding hydrogens is 282 g/mol. The number of benzene rings is 1. The van der Waals surface area contributed by atoms with Gasteiger partial charge in [0.2, 0.25) is 3.79 Å². The third kappa shape index (κ3) is 9.54. The summed E-state index contributed by atoms with van der Waals surface area (Å²) in [5, 5.41) is 17.8. The lowest BCUT2D eigenvalue weighted by atomic mass is 10.1. The van der Waals surface area contributed by atoms with Crippen molar-refractivity contribution in [3.05, 3.63) is 30.3 Å². The maximum absolute atomic E-state index is 9.16. The Balaban J connectivity index is 0.000000318. The molecule has 0 aliphatic heterocycles. The first-order chi connectivity index (χ1) is 7.73. The number of alkyl halides is 3. The third-order valence-electron chi connectivity index (χ3n) is 1.83. The highest BCUT2D eigenvalue weighted by Crippen LogP contribution is 2.33. The molecule has 1 atom stereocenters. The second-order valence-corrected chi connectivity index (χ2v) is 6.39. The van der Waals surface area contributed by atoms with Gasteiger partial charge in [-0.05, 0) is 24.5 Å². The van der Waals surface area contributed by atoms with Gasteiger partial charge in [0, 0.05) is 0 Å². The number of para-hydroxylation sites is 1. The molecule has 0 aliphatic rings. The Morgan fingerprint density at radius 2 is 1.59 bits per heavy atom. The molecule has 98 valence electrons. The minimum absolute atomic E-state index is 0.322. The van der Waals surface area contributed by atoms with E-state index in [-0.39, 0.29) is 0 Å². The lowest BCUT2D eigenvalue weighted by Gasteiger charge is -2.20. The number of aliphatic hydroxyl groups excluding tert-OH is 1. The minimum atomic E-state index is -1.54. The standard InChI is InChI=1S/C6H11Cl3O.C6H6O/c1-4(2)3-5(10)6(7,8)9;7-6-4-2-1-3-5-6/h4-5,10H,3H2,1-2H3;1-5,7H. The van der Waals surface area contributed by atoms with Gasteiger partial charge in [0.15, 0.2) is 0 Å². The fraction of sp³-hybridized carbons (Fsp3) is 0.500. The number of hydrogen-bond donors (Lipinski definition) is 2. The van der Waals surface area contributed by atoms with Gasteiger partial charge in [0.25, 0.3) is 0 Å². The summed E-state index contributed by atoms with van der Waals surface area (Å²) in [5.41, 5.74) is 0. The first-order valence-corrected chi connectivity index (χ1v) is 6.35. The summed E-state index contributed by atoms with van der Waals surface area (Å²) in [4.78, 5) is 0. The topological polar surface area (TPSA) is 40.5 Å². The van der Waals surface area contributed by atoms with Crippen LogP contribution in [0.5, 0.6) is 5.75 Å². The van der Waals surface area contributed by atoms with Gasteiger partial charge in [-0.15, -0.1) is 0 Å². The number of hydrogen-bond acceptors (Lipinski definition) is 2. The monoisotopic (exact) mass is 298 g/mol. The van der Waals surface area contributed by atoms with Crippen molar-refractivity contribution in [2.75, 3.05) is 0 Å². The van der Waals surface area contributed by atoms with Gasteiger partial charge in [-0.2, -0.15) is 0 Å². The molecular formula is C12H17Cl3O2. The van der Waals surface area contributed by atoms with E-state index >= 15 is 0 Å². The quantitative estimate of drug-likeness (QED) is 0.805. The number of phenolic OH excluding ortho intramolecular Hbond substituents is 1. The van der Waals surface area contributed by atoms with Gasteiger partial charge in [-0.25, -0.2) is 0 Å². The van der Waals surface area contributed by atoms with Gasteiger partial charge >= 0.3 is 0 Å². The van der Waals surface area contributed by atoms with Crippen LogP contribution in [0.3, 0.4) is 0 Å².